The Bertz CT molecular complexity index is 501. The molecule has 4 rings (SSSR count). The van der Waals surface area contributed by atoms with E-state index in [4.69, 9.17) is 4.18 Å². The molecule has 0 spiro atoms. The highest BCUT2D eigenvalue weighted by atomic mass is 32.2. The van der Waals surface area contributed by atoms with Gasteiger partial charge in [0, 0.05) is 12.5 Å². The first-order valence-electron chi connectivity index (χ1n) is 6.42. The normalized spacial score (nSPS) is 31.3. The second-order valence-corrected chi connectivity index (χ2v) is 7.04. The number of fused-ring (bicyclic) bond motifs is 2. The lowest BCUT2D eigenvalue weighted by Crippen LogP contribution is -2.38. The van der Waals surface area contributed by atoms with Gasteiger partial charge in [-0.25, -0.2) is 4.99 Å². The van der Waals surface area contributed by atoms with Crippen LogP contribution in [0.5, 0.6) is 0 Å². The molecule has 2 saturated heterocycles. The van der Waals surface area contributed by atoms with Crippen molar-refractivity contribution in [2.24, 2.45) is 16.8 Å². The van der Waals surface area contributed by atoms with E-state index in [1.54, 1.807) is 6.20 Å². The zero-order valence-corrected chi connectivity index (χ0v) is 11.3. The van der Waals surface area contributed by atoms with Gasteiger partial charge in [-0.15, -0.1) is 0 Å². The molecule has 2 bridgehead atoms. The molecular weight excluding hydrogens is 252 g/mol. The fourth-order valence-corrected chi connectivity index (χ4v) is 3.69. The van der Waals surface area contributed by atoms with Crippen molar-refractivity contribution in [3.05, 3.63) is 12.0 Å². The molecule has 0 aromatic rings. The van der Waals surface area contributed by atoms with Crippen LogP contribution < -0.4 is 0 Å². The highest BCUT2D eigenvalue weighted by Gasteiger charge is 2.35. The third-order valence-corrected chi connectivity index (χ3v) is 4.48. The summed E-state index contributed by atoms with van der Waals surface area (Å²) < 4.78 is 27.2. The van der Waals surface area contributed by atoms with Crippen LogP contribution in [0.3, 0.4) is 0 Å². The van der Waals surface area contributed by atoms with Crippen molar-refractivity contribution in [1.82, 2.24) is 4.90 Å². The summed E-state index contributed by atoms with van der Waals surface area (Å²) in [4.78, 5) is 6.65. The summed E-state index contributed by atoms with van der Waals surface area (Å²) in [5.74, 6) is 2.85. The van der Waals surface area contributed by atoms with Crippen molar-refractivity contribution < 1.29 is 12.6 Å². The highest BCUT2D eigenvalue weighted by molar-refractivity contribution is 7.86. The van der Waals surface area contributed by atoms with Crippen LogP contribution in [0.4, 0.5) is 0 Å². The number of nitrogens with zero attached hydrogens (tertiary/aromatic N) is 2. The Morgan fingerprint density at radius 1 is 1.33 bits per heavy atom. The fraction of sp³-hybridized carbons (Fsp3) is 0.750. The van der Waals surface area contributed by atoms with Gasteiger partial charge in [-0.2, -0.15) is 8.42 Å². The summed E-state index contributed by atoms with van der Waals surface area (Å²) in [7, 11) is -3.45. The second kappa shape index (κ2) is 4.26. The molecule has 18 heavy (non-hydrogen) atoms. The Morgan fingerprint density at radius 3 is 2.72 bits per heavy atom. The second-order valence-electron chi connectivity index (χ2n) is 5.47. The van der Waals surface area contributed by atoms with E-state index in [0.29, 0.717) is 18.2 Å². The minimum Gasteiger partial charge on any atom is -0.384 e. The highest BCUT2D eigenvalue weighted by Crippen LogP contribution is 2.36. The van der Waals surface area contributed by atoms with Crippen molar-refractivity contribution in [3.8, 4) is 0 Å². The number of rotatable bonds is 2. The minimum absolute atomic E-state index is 0.433. The molecule has 0 aromatic heterocycles. The molecule has 3 heterocycles. The summed E-state index contributed by atoms with van der Waals surface area (Å²) in [5, 5.41) is 0. The number of hydrogen-bond acceptors (Lipinski definition) is 5. The SMILES string of the molecule is CS(=O)(=O)OC1=CN=C2C3CCC(CC3)CN2C1. The zero-order valence-electron chi connectivity index (χ0n) is 10.5. The minimum atomic E-state index is -3.45. The van der Waals surface area contributed by atoms with Crippen molar-refractivity contribution >= 4 is 16.0 Å². The van der Waals surface area contributed by atoms with Gasteiger partial charge in [0.25, 0.3) is 0 Å². The molecule has 3 aliphatic heterocycles. The van der Waals surface area contributed by atoms with Gasteiger partial charge in [0.1, 0.15) is 5.84 Å². The Labute approximate surface area is 108 Å². The lowest BCUT2D eigenvalue weighted by molar-refractivity contribution is 0.291. The van der Waals surface area contributed by atoms with Gasteiger partial charge in [0.05, 0.1) is 19.0 Å². The maximum absolute atomic E-state index is 11.1. The van der Waals surface area contributed by atoms with Gasteiger partial charge in [-0.1, -0.05) is 0 Å². The summed E-state index contributed by atoms with van der Waals surface area (Å²) in [6.07, 6.45) is 7.61. The molecule has 0 N–H and O–H groups in total. The molecule has 0 unspecified atom stereocenters. The first kappa shape index (κ1) is 12.0. The maximum Gasteiger partial charge on any atom is 0.306 e. The number of amidine groups is 1. The predicted octanol–water partition coefficient (Wildman–Crippen LogP) is 1.34. The van der Waals surface area contributed by atoms with Crippen LogP contribution in [-0.2, 0) is 14.3 Å². The van der Waals surface area contributed by atoms with Gasteiger partial charge in [-0.3, -0.25) is 0 Å². The van der Waals surface area contributed by atoms with E-state index in [2.05, 4.69) is 9.89 Å². The van der Waals surface area contributed by atoms with Gasteiger partial charge >= 0.3 is 10.1 Å². The summed E-state index contributed by atoms with van der Waals surface area (Å²) >= 11 is 0. The average Bonchev–Trinajstić information content (AvgIpc) is 2.54. The molecule has 6 heteroatoms. The van der Waals surface area contributed by atoms with E-state index < -0.39 is 10.1 Å². The molecule has 100 valence electrons. The van der Waals surface area contributed by atoms with Crippen molar-refractivity contribution in [1.29, 1.82) is 0 Å². The fourth-order valence-electron chi connectivity index (χ4n) is 3.21. The van der Waals surface area contributed by atoms with E-state index in [0.717, 1.165) is 24.6 Å². The third kappa shape index (κ3) is 2.39. The summed E-state index contributed by atoms with van der Waals surface area (Å²) in [6, 6.07) is 0. The van der Waals surface area contributed by atoms with E-state index in [1.807, 2.05) is 0 Å². The molecule has 0 radical (unpaired) electrons. The van der Waals surface area contributed by atoms with Crippen molar-refractivity contribution in [2.75, 3.05) is 19.3 Å². The van der Waals surface area contributed by atoms with E-state index >= 15 is 0 Å². The predicted molar refractivity (Wildman–Crippen MR) is 68.5 cm³/mol. The molecule has 1 saturated carbocycles. The quantitative estimate of drug-likeness (QED) is 0.710. The van der Waals surface area contributed by atoms with E-state index in [9.17, 15) is 8.42 Å². The lowest BCUT2D eigenvalue weighted by Gasteiger charge is -2.29. The Kier molecular flexibility index (Phi) is 2.84. The number of hydrogen-bond donors (Lipinski definition) is 0. The van der Waals surface area contributed by atoms with E-state index in [1.165, 1.54) is 25.7 Å². The Morgan fingerprint density at radius 2 is 2.06 bits per heavy atom. The van der Waals surface area contributed by atoms with E-state index in [-0.39, 0.29) is 0 Å². The number of aliphatic imine (C=N–C) groups is 1. The van der Waals surface area contributed by atoms with Crippen LogP contribution in [0.25, 0.3) is 0 Å². The Balaban J connectivity index is 1.83. The monoisotopic (exact) mass is 270 g/mol. The molecule has 3 fully saturated rings. The van der Waals surface area contributed by atoms with Gasteiger partial charge < -0.3 is 9.08 Å². The molecule has 5 nitrogen and oxygen atoms in total. The Hall–Kier alpha value is -1.04. The standard InChI is InChI=1S/C12H18N2O3S/c1-18(15,16)17-11-6-13-12-10-4-2-9(3-5-10)7-14(12)8-11/h6,9-10H,2-5,7-8H2,1H3. The van der Waals surface area contributed by atoms with Crippen LogP contribution >= 0.6 is 0 Å². The van der Waals surface area contributed by atoms with Crippen LogP contribution in [0.2, 0.25) is 0 Å². The van der Waals surface area contributed by atoms with Gasteiger partial charge in [0.15, 0.2) is 5.76 Å². The third-order valence-electron chi connectivity index (χ3n) is 3.96. The van der Waals surface area contributed by atoms with Crippen LogP contribution in [0.1, 0.15) is 25.7 Å². The average molecular weight is 270 g/mol. The van der Waals surface area contributed by atoms with Crippen LogP contribution in [-0.4, -0.2) is 38.5 Å². The van der Waals surface area contributed by atoms with Crippen LogP contribution in [0.15, 0.2) is 17.0 Å². The zero-order chi connectivity index (χ0) is 12.8. The largest absolute Gasteiger partial charge is 0.384 e. The molecule has 0 atom stereocenters. The summed E-state index contributed by atoms with van der Waals surface area (Å²) in [6.45, 7) is 1.53. The first-order chi connectivity index (χ1) is 8.51. The molecule has 4 aliphatic rings. The smallest absolute Gasteiger partial charge is 0.306 e. The lowest BCUT2D eigenvalue weighted by atomic mass is 9.84. The van der Waals surface area contributed by atoms with Gasteiger partial charge in [0.2, 0.25) is 0 Å². The van der Waals surface area contributed by atoms with Crippen molar-refractivity contribution in [2.45, 2.75) is 25.7 Å². The maximum atomic E-state index is 11.1. The summed E-state index contributed by atoms with van der Waals surface area (Å²) in [5.41, 5.74) is 0. The van der Waals surface area contributed by atoms with Gasteiger partial charge in [-0.05, 0) is 31.6 Å². The molecular formula is C12H18N2O3S. The van der Waals surface area contributed by atoms with Crippen LogP contribution in [0, 0.1) is 11.8 Å². The molecule has 1 aliphatic carbocycles. The molecule has 0 amide bonds. The first-order valence-corrected chi connectivity index (χ1v) is 8.24. The molecule has 0 aromatic carbocycles. The topological polar surface area (TPSA) is 59.0 Å². The van der Waals surface area contributed by atoms with Crippen molar-refractivity contribution in [3.63, 3.8) is 0 Å².